The molecule has 1 saturated heterocycles. The Hall–Kier alpha value is -1.02. The van der Waals surface area contributed by atoms with Crippen LogP contribution >= 0.6 is 0 Å². The van der Waals surface area contributed by atoms with Crippen molar-refractivity contribution in [1.82, 2.24) is 20.4 Å². The van der Waals surface area contributed by atoms with Crippen LogP contribution in [0.15, 0.2) is 4.99 Å². The molecule has 1 heterocycles. The van der Waals surface area contributed by atoms with Gasteiger partial charge in [0.2, 0.25) is 0 Å². The molecule has 1 aliphatic heterocycles. The van der Waals surface area contributed by atoms with Gasteiger partial charge in [0, 0.05) is 25.7 Å². The van der Waals surface area contributed by atoms with Crippen molar-refractivity contribution >= 4 is 5.96 Å². The number of nitrogens with one attached hydrogen (secondary N) is 2. The Labute approximate surface area is 150 Å². The van der Waals surface area contributed by atoms with Gasteiger partial charge in [0.1, 0.15) is 0 Å². The second-order valence-corrected chi connectivity index (χ2v) is 7.42. The highest BCUT2D eigenvalue weighted by Gasteiger charge is 2.29. The summed E-state index contributed by atoms with van der Waals surface area (Å²) in [4.78, 5) is 7.99. The number of alkyl halides is 3. The van der Waals surface area contributed by atoms with E-state index >= 15 is 0 Å². The minimum atomic E-state index is -4.14. The number of nitrogens with zero attached hydrogens (tertiary/aromatic N) is 3. The molecular weight excluding hydrogens is 331 g/mol. The van der Waals surface area contributed by atoms with Crippen molar-refractivity contribution in [3.8, 4) is 0 Å². The molecule has 0 atom stereocenters. The quantitative estimate of drug-likeness (QED) is 0.394. The van der Waals surface area contributed by atoms with Crippen LogP contribution in [0.4, 0.5) is 13.2 Å². The Kier molecular flexibility index (Phi) is 8.99. The number of rotatable bonds is 8. The highest BCUT2D eigenvalue weighted by atomic mass is 19.4. The molecule has 0 aliphatic carbocycles. The van der Waals surface area contributed by atoms with Gasteiger partial charge in [-0.15, -0.1) is 0 Å². The summed E-state index contributed by atoms with van der Waals surface area (Å²) < 4.78 is 36.8. The molecule has 1 aliphatic rings. The van der Waals surface area contributed by atoms with Crippen LogP contribution < -0.4 is 10.6 Å². The van der Waals surface area contributed by atoms with Gasteiger partial charge in [-0.3, -0.25) is 14.8 Å². The SMILES string of the molecule is CN=C(NCCCN(C)CC(F)(F)F)NCC(C)(C)N1CCCCC1. The van der Waals surface area contributed by atoms with Crippen LogP contribution in [-0.4, -0.2) is 80.8 Å². The normalized spacial score (nSPS) is 17.8. The molecule has 148 valence electrons. The van der Waals surface area contributed by atoms with E-state index in [2.05, 4.69) is 34.4 Å². The predicted octanol–water partition coefficient (Wildman–Crippen LogP) is 2.30. The average molecular weight is 365 g/mol. The third-order valence-electron chi connectivity index (χ3n) is 4.58. The van der Waals surface area contributed by atoms with Crippen LogP contribution in [0.2, 0.25) is 0 Å². The monoisotopic (exact) mass is 365 g/mol. The maximum absolute atomic E-state index is 12.3. The standard InChI is InChI=1S/C17H34F3N5/c1-16(2,25-11-6-5-7-12-25)13-23-15(21-3)22-9-8-10-24(4)14-17(18,19)20/h5-14H2,1-4H3,(H2,21,22,23). The summed E-state index contributed by atoms with van der Waals surface area (Å²) in [5.41, 5.74) is 0.0466. The second-order valence-electron chi connectivity index (χ2n) is 7.42. The Bertz CT molecular complexity index is 404. The van der Waals surface area contributed by atoms with Crippen LogP contribution in [0.1, 0.15) is 39.5 Å². The number of piperidine rings is 1. The Balaban J connectivity index is 2.26. The molecular formula is C17H34F3N5. The molecule has 25 heavy (non-hydrogen) atoms. The maximum atomic E-state index is 12.3. The fourth-order valence-electron chi connectivity index (χ4n) is 3.07. The van der Waals surface area contributed by atoms with Gasteiger partial charge >= 0.3 is 6.18 Å². The Morgan fingerprint density at radius 2 is 1.76 bits per heavy atom. The van der Waals surface area contributed by atoms with Gasteiger partial charge in [-0.05, 0) is 59.8 Å². The van der Waals surface area contributed by atoms with E-state index in [1.165, 1.54) is 31.2 Å². The topological polar surface area (TPSA) is 42.9 Å². The first-order valence-corrected chi connectivity index (χ1v) is 9.09. The predicted molar refractivity (Wildman–Crippen MR) is 97.0 cm³/mol. The van der Waals surface area contributed by atoms with Crippen LogP contribution in [0.5, 0.6) is 0 Å². The summed E-state index contributed by atoms with van der Waals surface area (Å²) in [6.45, 7) is 7.60. The lowest BCUT2D eigenvalue weighted by atomic mass is 9.98. The minimum absolute atomic E-state index is 0.0466. The molecule has 8 heteroatoms. The van der Waals surface area contributed by atoms with E-state index in [4.69, 9.17) is 0 Å². The average Bonchev–Trinajstić information content (AvgIpc) is 2.53. The molecule has 0 aromatic heterocycles. The Morgan fingerprint density at radius 3 is 2.32 bits per heavy atom. The molecule has 0 aromatic carbocycles. The van der Waals surface area contributed by atoms with Crippen LogP contribution in [0.3, 0.4) is 0 Å². The van der Waals surface area contributed by atoms with E-state index in [0.717, 1.165) is 19.6 Å². The second kappa shape index (κ2) is 10.2. The molecule has 0 bridgehead atoms. The van der Waals surface area contributed by atoms with Crippen molar-refractivity contribution in [3.63, 3.8) is 0 Å². The number of likely N-dealkylation sites (tertiary alicyclic amines) is 1. The van der Waals surface area contributed by atoms with Gasteiger partial charge in [-0.25, -0.2) is 0 Å². The molecule has 0 aromatic rings. The largest absolute Gasteiger partial charge is 0.401 e. The summed E-state index contributed by atoms with van der Waals surface area (Å²) in [5, 5.41) is 6.51. The zero-order valence-electron chi connectivity index (χ0n) is 16.0. The van der Waals surface area contributed by atoms with Crippen molar-refractivity contribution in [3.05, 3.63) is 0 Å². The summed E-state index contributed by atoms with van der Waals surface area (Å²) in [7, 11) is 3.20. The minimum Gasteiger partial charge on any atom is -0.356 e. The molecule has 0 saturated carbocycles. The third kappa shape index (κ3) is 9.30. The van der Waals surface area contributed by atoms with Gasteiger partial charge in [0.25, 0.3) is 0 Å². The lowest BCUT2D eigenvalue weighted by molar-refractivity contribution is -0.143. The smallest absolute Gasteiger partial charge is 0.356 e. The van der Waals surface area contributed by atoms with Crippen LogP contribution in [0, 0.1) is 0 Å². The van der Waals surface area contributed by atoms with Crippen LogP contribution in [-0.2, 0) is 0 Å². The number of guanidine groups is 1. The first-order chi connectivity index (χ1) is 11.6. The summed E-state index contributed by atoms with van der Waals surface area (Å²) >= 11 is 0. The molecule has 0 unspecified atom stereocenters. The van der Waals surface area contributed by atoms with Gasteiger partial charge in [0.15, 0.2) is 5.96 Å². The van der Waals surface area contributed by atoms with Crippen molar-refractivity contribution in [2.24, 2.45) is 4.99 Å². The highest BCUT2D eigenvalue weighted by Crippen LogP contribution is 2.19. The third-order valence-corrected chi connectivity index (χ3v) is 4.58. The number of hydrogen-bond donors (Lipinski definition) is 2. The summed E-state index contributed by atoms with van der Waals surface area (Å²) in [5.74, 6) is 0.698. The van der Waals surface area contributed by atoms with Gasteiger partial charge < -0.3 is 10.6 Å². The summed E-state index contributed by atoms with van der Waals surface area (Å²) in [6.07, 6.45) is 0.304. The lowest BCUT2D eigenvalue weighted by Crippen LogP contribution is -2.55. The molecule has 0 spiro atoms. The van der Waals surface area contributed by atoms with E-state index < -0.39 is 12.7 Å². The van der Waals surface area contributed by atoms with E-state index in [-0.39, 0.29) is 5.54 Å². The lowest BCUT2D eigenvalue weighted by Gasteiger charge is -2.41. The van der Waals surface area contributed by atoms with Gasteiger partial charge in [-0.1, -0.05) is 6.42 Å². The maximum Gasteiger partial charge on any atom is 0.401 e. The number of hydrogen-bond acceptors (Lipinski definition) is 3. The molecule has 0 radical (unpaired) electrons. The van der Waals surface area contributed by atoms with Crippen molar-refractivity contribution in [2.45, 2.75) is 51.2 Å². The molecule has 1 fully saturated rings. The molecule has 0 amide bonds. The van der Waals surface area contributed by atoms with E-state index in [9.17, 15) is 13.2 Å². The molecule has 2 N–H and O–H groups in total. The van der Waals surface area contributed by atoms with E-state index in [1.807, 2.05) is 0 Å². The number of halogens is 3. The highest BCUT2D eigenvalue weighted by molar-refractivity contribution is 5.79. The Morgan fingerprint density at radius 1 is 1.12 bits per heavy atom. The molecule has 5 nitrogen and oxygen atoms in total. The first kappa shape index (κ1) is 22.0. The fourth-order valence-corrected chi connectivity index (χ4v) is 3.07. The zero-order valence-corrected chi connectivity index (χ0v) is 16.0. The molecule has 1 rings (SSSR count). The van der Waals surface area contributed by atoms with Crippen molar-refractivity contribution in [2.75, 3.05) is 53.4 Å². The fraction of sp³-hybridized carbons (Fsp3) is 0.941. The van der Waals surface area contributed by atoms with Gasteiger partial charge in [-0.2, -0.15) is 13.2 Å². The number of aliphatic imine (C=N–C) groups is 1. The zero-order chi connectivity index (χ0) is 18.9. The summed E-state index contributed by atoms with van der Waals surface area (Å²) in [6, 6.07) is 0. The first-order valence-electron chi connectivity index (χ1n) is 9.09. The van der Waals surface area contributed by atoms with E-state index in [1.54, 1.807) is 7.05 Å². The van der Waals surface area contributed by atoms with Crippen molar-refractivity contribution < 1.29 is 13.2 Å². The van der Waals surface area contributed by atoms with Crippen LogP contribution in [0.25, 0.3) is 0 Å². The van der Waals surface area contributed by atoms with E-state index in [0.29, 0.717) is 25.5 Å². The van der Waals surface area contributed by atoms with Crippen molar-refractivity contribution in [1.29, 1.82) is 0 Å². The van der Waals surface area contributed by atoms with Gasteiger partial charge in [0.05, 0.1) is 6.54 Å².